The molecule has 1 heterocycles. The summed E-state index contributed by atoms with van der Waals surface area (Å²) in [4.78, 5) is 20.9. The average molecular weight is 525 g/mol. The van der Waals surface area contributed by atoms with Crippen LogP contribution < -0.4 is 9.47 Å². The fourth-order valence-corrected chi connectivity index (χ4v) is 5.70. The van der Waals surface area contributed by atoms with E-state index in [0.717, 1.165) is 42.1 Å². The zero-order chi connectivity index (χ0) is 23.2. The van der Waals surface area contributed by atoms with Gasteiger partial charge in [0.15, 0.2) is 16.7 Å². The van der Waals surface area contributed by atoms with Crippen LogP contribution in [0.25, 0.3) is 6.08 Å². The van der Waals surface area contributed by atoms with Gasteiger partial charge in [-0.05, 0) is 76.4 Å². The molecule has 0 atom stereocenters. The molecule has 5 nitrogen and oxygen atoms in total. The molecule has 0 unspecified atom stereocenters. The van der Waals surface area contributed by atoms with Crippen LogP contribution in [-0.4, -0.2) is 35.7 Å². The Balaban J connectivity index is 1.69. The third-order valence-electron chi connectivity index (χ3n) is 5.61. The number of carbonyl (C=O) groups excluding carboxylic acids is 1. The maximum Gasteiger partial charge on any atom is 0.267 e. The molecule has 2 aromatic rings. The van der Waals surface area contributed by atoms with Gasteiger partial charge in [0.05, 0.1) is 22.2 Å². The topological polar surface area (TPSA) is 51.1 Å². The zero-order valence-electron chi connectivity index (χ0n) is 18.4. The van der Waals surface area contributed by atoms with E-state index in [1.54, 1.807) is 7.11 Å². The Morgan fingerprint density at radius 1 is 1.24 bits per heavy atom. The van der Waals surface area contributed by atoms with Crippen molar-refractivity contribution in [2.75, 3.05) is 13.7 Å². The summed E-state index contributed by atoms with van der Waals surface area (Å²) in [6.07, 6.45) is 12.7. The molecule has 1 aliphatic heterocycles. The number of nitrogens with zero attached hydrogens (tertiary/aromatic N) is 2. The number of ether oxygens (including phenoxy) is 2. The molecule has 0 spiro atoms. The summed E-state index contributed by atoms with van der Waals surface area (Å²) in [7, 11) is 1.58. The number of amides is 1. The molecule has 7 heteroatoms. The highest BCUT2D eigenvalue weighted by Gasteiger charge is 2.38. The predicted octanol–water partition coefficient (Wildman–Crippen LogP) is 6.41. The van der Waals surface area contributed by atoms with Gasteiger partial charge < -0.3 is 9.47 Å². The molecule has 0 bridgehead atoms. The Kier molecular flexibility index (Phi) is 7.79. The first-order valence-electron chi connectivity index (χ1n) is 10.9. The summed E-state index contributed by atoms with van der Waals surface area (Å²) in [6, 6.07) is 13.7. The SMILES string of the molecule is C#CCOc1c(Br)cc(/C=C2\SC(=Nc3ccccc3)N(C3CCCCC3)C2=O)cc1OC. The fourth-order valence-electron chi connectivity index (χ4n) is 4.07. The van der Waals surface area contributed by atoms with E-state index in [1.165, 1.54) is 18.2 Å². The summed E-state index contributed by atoms with van der Waals surface area (Å²) < 4.78 is 11.8. The van der Waals surface area contributed by atoms with Crippen molar-refractivity contribution >= 4 is 50.5 Å². The monoisotopic (exact) mass is 524 g/mol. The third kappa shape index (κ3) is 5.45. The van der Waals surface area contributed by atoms with Gasteiger partial charge in [0, 0.05) is 6.04 Å². The van der Waals surface area contributed by atoms with E-state index in [0.29, 0.717) is 20.9 Å². The highest BCUT2D eigenvalue weighted by atomic mass is 79.9. The van der Waals surface area contributed by atoms with Gasteiger partial charge in [-0.2, -0.15) is 0 Å². The molecule has 33 heavy (non-hydrogen) atoms. The van der Waals surface area contributed by atoms with Crippen molar-refractivity contribution in [3.05, 3.63) is 57.4 Å². The minimum atomic E-state index is 0.00401. The Bertz CT molecular complexity index is 1120. The molecule has 2 aliphatic rings. The summed E-state index contributed by atoms with van der Waals surface area (Å²) in [5.74, 6) is 3.55. The van der Waals surface area contributed by atoms with Crippen LogP contribution in [0.4, 0.5) is 5.69 Å². The number of terminal acetylenes is 1. The molecular weight excluding hydrogens is 500 g/mol. The van der Waals surface area contributed by atoms with Crippen LogP contribution in [0.5, 0.6) is 11.5 Å². The highest BCUT2D eigenvalue weighted by Crippen LogP contribution is 2.41. The number of hydrogen-bond acceptors (Lipinski definition) is 5. The number of methoxy groups -OCH3 is 1. The molecule has 2 aromatic carbocycles. The van der Waals surface area contributed by atoms with E-state index in [4.69, 9.17) is 20.9 Å². The van der Waals surface area contributed by atoms with Gasteiger partial charge >= 0.3 is 0 Å². The van der Waals surface area contributed by atoms with Crippen molar-refractivity contribution in [3.8, 4) is 23.8 Å². The van der Waals surface area contributed by atoms with Crippen LogP contribution in [0.15, 0.2) is 56.8 Å². The molecule has 170 valence electrons. The fraction of sp³-hybridized carbons (Fsp3) is 0.308. The van der Waals surface area contributed by atoms with Gasteiger partial charge in [-0.15, -0.1) is 6.42 Å². The van der Waals surface area contributed by atoms with Crippen LogP contribution in [-0.2, 0) is 4.79 Å². The van der Waals surface area contributed by atoms with Crippen molar-refractivity contribution in [2.45, 2.75) is 38.1 Å². The number of halogens is 1. The smallest absolute Gasteiger partial charge is 0.267 e. The van der Waals surface area contributed by atoms with E-state index in [-0.39, 0.29) is 18.6 Å². The second-order valence-electron chi connectivity index (χ2n) is 7.83. The lowest BCUT2D eigenvalue weighted by atomic mass is 9.94. The van der Waals surface area contributed by atoms with Crippen LogP contribution in [0.1, 0.15) is 37.7 Å². The second kappa shape index (κ2) is 11.0. The molecular formula is C26H25BrN2O3S. The second-order valence-corrected chi connectivity index (χ2v) is 9.70. The van der Waals surface area contributed by atoms with Gasteiger partial charge in [0.2, 0.25) is 0 Å². The van der Waals surface area contributed by atoms with Crippen LogP contribution >= 0.6 is 27.7 Å². The molecule has 1 saturated carbocycles. The molecule has 1 amide bonds. The normalized spacial score (nSPS) is 19.2. The van der Waals surface area contributed by atoms with Crippen molar-refractivity contribution in [3.63, 3.8) is 0 Å². The summed E-state index contributed by atoms with van der Waals surface area (Å²) in [6.45, 7) is 0.138. The van der Waals surface area contributed by atoms with Gasteiger partial charge in [0.1, 0.15) is 6.61 Å². The number of aliphatic imine (C=N–C) groups is 1. The molecule has 4 rings (SSSR count). The van der Waals surface area contributed by atoms with Gasteiger partial charge in [-0.1, -0.05) is 43.4 Å². The number of amidine groups is 1. The highest BCUT2D eigenvalue weighted by molar-refractivity contribution is 9.10. The molecule has 1 aliphatic carbocycles. The van der Waals surface area contributed by atoms with Crippen LogP contribution in [0.2, 0.25) is 0 Å². The Morgan fingerprint density at radius 3 is 2.70 bits per heavy atom. The number of thioether (sulfide) groups is 1. The van der Waals surface area contributed by atoms with E-state index in [9.17, 15) is 4.79 Å². The lowest BCUT2D eigenvalue weighted by Crippen LogP contribution is -2.40. The van der Waals surface area contributed by atoms with Gasteiger partial charge in [-0.3, -0.25) is 9.69 Å². The van der Waals surface area contributed by atoms with Crippen molar-refractivity contribution in [2.24, 2.45) is 4.99 Å². The minimum absolute atomic E-state index is 0.00401. The van der Waals surface area contributed by atoms with Gasteiger partial charge in [-0.25, -0.2) is 4.99 Å². The largest absolute Gasteiger partial charge is 0.493 e. The van der Waals surface area contributed by atoms with Gasteiger partial charge in [0.25, 0.3) is 5.91 Å². The summed E-state index contributed by atoms with van der Waals surface area (Å²) in [5.41, 5.74) is 1.67. The Labute approximate surface area is 207 Å². The summed E-state index contributed by atoms with van der Waals surface area (Å²) in [5, 5.41) is 0.740. The first-order valence-corrected chi connectivity index (χ1v) is 12.5. The van der Waals surface area contributed by atoms with Crippen LogP contribution in [0.3, 0.4) is 0 Å². The van der Waals surface area contributed by atoms with E-state index < -0.39 is 0 Å². The quantitative estimate of drug-likeness (QED) is 0.323. The van der Waals surface area contributed by atoms with E-state index in [2.05, 4.69) is 21.9 Å². The minimum Gasteiger partial charge on any atom is -0.493 e. The number of para-hydroxylation sites is 1. The lowest BCUT2D eigenvalue weighted by molar-refractivity contribution is -0.124. The van der Waals surface area contributed by atoms with E-state index in [1.807, 2.05) is 53.4 Å². The number of rotatable bonds is 6. The molecule has 2 fully saturated rings. The standard InChI is InChI=1S/C26H25BrN2O3S/c1-3-14-32-24-21(27)15-18(16-22(24)31-2)17-23-25(30)29(20-12-8-5-9-13-20)26(33-23)28-19-10-6-4-7-11-19/h1,4,6-7,10-11,15-17,20H,5,8-9,12-14H2,2H3/b23-17-,28-26?. The number of hydrogen-bond donors (Lipinski definition) is 0. The van der Waals surface area contributed by atoms with Crippen molar-refractivity contribution in [1.29, 1.82) is 0 Å². The zero-order valence-corrected chi connectivity index (χ0v) is 20.8. The maximum absolute atomic E-state index is 13.5. The number of benzene rings is 2. The Hall–Kier alpha value is -2.69. The lowest BCUT2D eigenvalue weighted by Gasteiger charge is -2.30. The van der Waals surface area contributed by atoms with Crippen molar-refractivity contribution in [1.82, 2.24) is 4.90 Å². The third-order valence-corrected chi connectivity index (χ3v) is 7.18. The van der Waals surface area contributed by atoms with E-state index >= 15 is 0 Å². The predicted molar refractivity (Wildman–Crippen MR) is 138 cm³/mol. The average Bonchev–Trinajstić information content (AvgIpc) is 3.13. The van der Waals surface area contributed by atoms with Crippen LogP contribution in [0, 0.1) is 12.3 Å². The first kappa shape index (κ1) is 23.5. The summed E-state index contributed by atoms with van der Waals surface area (Å²) >= 11 is 4.96. The molecule has 0 radical (unpaired) electrons. The molecule has 0 N–H and O–H groups in total. The Morgan fingerprint density at radius 2 is 2.00 bits per heavy atom. The molecule has 1 saturated heterocycles. The first-order chi connectivity index (χ1) is 16.1. The molecule has 0 aromatic heterocycles. The van der Waals surface area contributed by atoms with Crippen molar-refractivity contribution < 1.29 is 14.3 Å². The number of carbonyl (C=O) groups is 1. The maximum atomic E-state index is 13.5.